The van der Waals surface area contributed by atoms with Crippen LogP contribution in [0.1, 0.15) is 22.3 Å². The van der Waals surface area contributed by atoms with Gasteiger partial charge in [-0.1, -0.05) is 30.3 Å². The molecule has 4 aromatic carbocycles. The lowest BCUT2D eigenvalue weighted by Crippen LogP contribution is -1.97. The highest BCUT2D eigenvalue weighted by Crippen LogP contribution is 2.33. The van der Waals surface area contributed by atoms with Gasteiger partial charge in [0.1, 0.15) is 35.8 Å². The molecule has 37 heavy (non-hydrogen) atoms. The minimum Gasteiger partial charge on any atom is -0.457 e. The van der Waals surface area contributed by atoms with Gasteiger partial charge in [0.25, 0.3) is 0 Å². The Morgan fingerprint density at radius 1 is 0.486 bits per heavy atom. The molecule has 0 bridgehead atoms. The quantitative estimate of drug-likeness (QED) is 0.301. The van der Waals surface area contributed by atoms with Crippen LogP contribution in [0.15, 0.2) is 84.9 Å². The number of nitrogens with zero attached hydrogens (tertiary/aromatic N) is 6. The lowest BCUT2D eigenvalue weighted by atomic mass is 10.0. The molecule has 0 aliphatic heterocycles. The second-order valence-electron chi connectivity index (χ2n) is 7.95. The predicted molar refractivity (Wildman–Crippen MR) is 136 cm³/mol. The monoisotopic (exact) mass is 474 g/mol. The molecule has 0 atom stereocenters. The summed E-state index contributed by atoms with van der Waals surface area (Å²) in [7, 11) is 0. The Kier molecular flexibility index (Phi) is 5.96. The molecule has 0 amide bonds. The molecular weight excluding hydrogens is 460 g/mol. The van der Waals surface area contributed by atoms with E-state index in [1.165, 1.54) is 6.07 Å². The lowest BCUT2D eigenvalue weighted by molar-refractivity contribution is 0.482. The van der Waals surface area contributed by atoms with Crippen LogP contribution in [0, 0.1) is 45.3 Å². The molecule has 1 aromatic heterocycles. The van der Waals surface area contributed by atoms with Crippen LogP contribution in [0.5, 0.6) is 11.5 Å². The van der Waals surface area contributed by atoms with Crippen molar-refractivity contribution in [2.45, 2.75) is 0 Å². The molecule has 5 rings (SSSR count). The van der Waals surface area contributed by atoms with Crippen molar-refractivity contribution in [3.05, 3.63) is 107 Å². The molecule has 0 fully saturated rings. The van der Waals surface area contributed by atoms with E-state index >= 15 is 0 Å². The average Bonchev–Trinajstić information content (AvgIpc) is 2.96. The third-order valence-corrected chi connectivity index (χ3v) is 5.69. The van der Waals surface area contributed by atoms with Crippen LogP contribution in [0.2, 0.25) is 0 Å². The van der Waals surface area contributed by atoms with E-state index in [1.54, 1.807) is 36.4 Å². The zero-order valence-electron chi connectivity index (χ0n) is 19.2. The fourth-order valence-corrected chi connectivity index (χ4v) is 3.88. The second kappa shape index (κ2) is 9.69. The molecule has 0 radical (unpaired) electrons. The number of fused-ring (bicyclic) bond motifs is 1. The minimum atomic E-state index is 0.241. The highest BCUT2D eigenvalue weighted by Gasteiger charge is 2.15. The van der Waals surface area contributed by atoms with Crippen molar-refractivity contribution in [1.82, 2.24) is 9.97 Å². The van der Waals surface area contributed by atoms with E-state index in [9.17, 15) is 15.8 Å². The van der Waals surface area contributed by atoms with Gasteiger partial charge in [-0.05, 0) is 54.6 Å². The maximum Gasteiger partial charge on any atom is 0.128 e. The first-order valence-electron chi connectivity index (χ1n) is 11.1. The Hall–Kier alpha value is -6.02. The Labute approximate surface area is 212 Å². The van der Waals surface area contributed by atoms with E-state index in [-0.39, 0.29) is 22.3 Å². The number of aromatic nitrogens is 2. The van der Waals surface area contributed by atoms with Crippen molar-refractivity contribution in [2.24, 2.45) is 0 Å². The Bertz CT molecular complexity index is 1830. The minimum absolute atomic E-state index is 0.241. The smallest absolute Gasteiger partial charge is 0.128 e. The number of hydrogen-bond donors (Lipinski definition) is 0. The van der Waals surface area contributed by atoms with Gasteiger partial charge in [0.15, 0.2) is 0 Å². The predicted octanol–water partition coefficient (Wildman–Crippen LogP) is 6.24. The Morgan fingerprint density at radius 3 is 1.51 bits per heavy atom. The summed E-state index contributed by atoms with van der Waals surface area (Å²) in [6.07, 6.45) is 0. The van der Waals surface area contributed by atoms with Crippen LogP contribution in [-0.2, 0) is 0 Å². The summed E-state index contributed by atoms with van der Waals surface area (Å²) in [5, 5.41) is 37.2. The van der Waals surface area contributed by atoms with Crippen molar-refractivity contribution in [2.75, 3.05) is 0 Å². The van der Waals surface area contributed by atoms with Gasteiger partial charge >= 0.3 is 0 Å². The summed E-state index contributed by atoms with van der Waals surface area (Å²) in [5.41, 5.74) is 4.94. The van der Waals surface area contributed by atoms with E-state index in [0.717, 1.165) is 11.1 Å². The van der Waals surface area contributed by atoms with Crippen LogP contribution in [0.4, 0.5) is 0 Å². The van der Waals surface area contributed by atoms with Gasteiger partial charge in [-0.3, -0.25) is 0 Å². The number of nitriles is 4. The highest BCUT2D eigenvalue weighted by molar-refractivity contribution is 5.87. The SMILES string of the molecule is N#Cc1ccc(Oc2ccc(-c3nc4cc(C#N)c(C#N)cc4nc3-c3ccccc3)cc2)cc1C#N. The molecule has 0 saturated heterocycles. The molecule has 170 valence electrons. The number of rotatable bonds is 4. The summed E-state index contributed by atoms with van der Waals surface area (Å²) in [5.74, 6) is 0.980. The molecule has 0 spiro atoms. The summed E-state index contributed by atoms with van der Waals surface area (Å²) in [6.45, 7) is 0. The van der Waals surface area contributed by atoms with Gasteiger partial charge < -0.3 is 4.74 Å². The molecule has 0 N–H and O–H groups in total. The zero-order chi connectivity index (χ0) is 25.8. The number of hydrogen-bond acceptors (Lipinski definition) is 7. The van der Waals surface area contributed by atoms with Gasteiger partial charge in [0.05, 0.1) is 44.7 Å². The summed E-state index contributed by atoms with van der Waals surface area (Å²) in [6, 6.07) is 32.8. The van der Waals surface area contributed by atoms with Crippen molar-refractivity contribution >= 4 is 11.0 Å². The van der Waals surface area contributed by atoms with Crippen molar-refractivity contribution in [3.8, 4) is 58.3 Å². The van der Waals surface area contributed by atoms with E-state index < -0.39 is 0 Å². The molecule has 0 saturated carbocycles. The van der Waals surface area contributed by atoms with E-state index in [4.69, 9.17) is 20.0 Å². The summed E-state index contributed by atoms with van der Waals surface area (Å²) in [4.78, 5) is 9.65. The maximum absolute atomic E-state index is 9.44. The topological polar surface area (TPSA) is 130 Å². The van der Waals surface area contributed by atoms with Crippen LogP contribution < -0.4 is 4.74 Å². The van der Waals surface area contributed by atoms with Gasteiger partial charge in [0.2, 0.25) is 0 Å². The average molecular weight is 474 g/mol. The third-order valence-electron chi connectivity index (χ3n) is 5.69. The second-order valence-corrected chi connectivity index (χ2v) is 7.95. The summed E-state index contributed by atoms with van der Waals surface area (Å²) < 4.78 is 5.89. The first kappa shape index (κ1) is 22.8. The molecule has 7 heteroatoms. The molecule has 0 aliphatic rings. The van der Waals surface area contributed by atoms with Crippen LogP contribution in [0.25, 0.3) is 33.5 Å². The summed E-state index contributed by atoms with van der Waals surface area (Å²) >= 11 is 0. The van der Waals surface area contributed by atoms with Crippen molar-refractivity contribution in [3.63, 3.8) is 0 Å². The van der Waals surface area contributed by atoms with E-state index in [1.807, 2.05) is 66.7 Å². The van der Waals surface area contributed by atoms with Gasteiger partial charge in [0, 0.05) is 11.1 Å². The van der Waals surface area contributed by atoms with Crippen LogP contribution in [0.3, 0.4) is 0 Å². The van der Waals surface area contributed by atoms with E-state index in [0.29, 0.717) is 33.9 Å². The fourth-order valence-electron chi connectivity index (χ4n) is 3.88. The van der Waals surface area contributed by atoms with Crippen LogP contribution >= 0.6 is 0 Å². The molecule has 7 nitrogen and oxygen atoms in total. The molecule has 0 unspecified atom stereocenters. The Morgan fingerprint density at radius 2 is 0.973 bits per heavy atom. The molecular formula is C30H14N6O. The lowest BCUT2D eigenvalue weighted by Gasteiger charge is -2.12. The van der Waals surface area contributed by atoms with Gasteiger partial charge in [-0.25, -0.2) is 9.97 Å². The number of benzene rings is 4. The highest BCUT2D eigenvalue weighted by atomic mass is 16.5. The third kappa shape index (κ3) is 4.41. The van der Waals surface area contributed by atoms with Crippen molar-refractivity contribution < 1.29 is 4.74 Å². The van der Waals surface area contributed by atoms with Crippen LogP contribution in [-0.4, -0.2) is 9.97 Å². The first-order chi connectivity index (χ1) is 18.1. The molecule has 1 heterocycles. The largest absolute Gasteiger partial charge is 0.457 e. The Balaban J connectivity index is 1.58. The fraction of sp³-hybridized carbons (Fsp3) is 0. The first-order valence-corrected chi connectivity index (χ1v) is 11.1. The normalized spacial score (nSPS) is 10.1. The molecule has 5 aromatic rings. The standard InChI is InChI=1S/C30H14N6O/c31-15-21-8-11-26(12-22(21)16-32)37-25-9-6-20(7-10-25)30-29(19-4-2-1-3-5-19)35-27-13-23(17-33)24(18-34)14-28(27)36-30/h1-14H. The van der Waals surface area contributed by atoms with Gasteiger partial charge in [-0.2, -0.15) is 21.0 Å². The maximum atomic E-state index is 9.44. The van der Waals surface area contributed by atoms with E-state index in [2.05, 4.69) is 0 Å². The van der Waals surface area contributed by atoms with Crippen molar-refractivity contribution in [1.29, 1.82) is 21.0 Å². The van der Waals surface area contributed by atoms with Gasteiger partial charge in [-0.15, -0.1) is 0 Å². The number of ether oxygens (including phenoxy) is 1. The zero-order valence-corrected chi connectivity index (χ0v) is 19.2. The molecule has 0 aliphatic carbocycles.